The molecule has 0 atom stereocenters. The molecular weight excluding hydrogens is 273 g/mol. The van der Waals surface area contributed by atoms with Gasteiger partial charge in [-0.25, -0.2) is 0 Å². The van der Waals surface area contributed by atoms with Crippen molar-refractivity contribution in [2.45, 2.75) is 6.54 Å². The van der Waals surface area contributed by atoms with Gasteiger partial charge in [0.2, 0.25) is 0 Å². The number of rotatable bonds is 3. The number of benzene rings is 1. The molecule has 0 unspecified atom stereocenters. The molecular formula is C13H9Cl2NO2. The van der Waals surface area contributed by atoms with Gasteiger partial charge in [-0.05, 0) is 23.8 Å². The second-order valence-electron chi connectivity index (χ2n) is 3.79. The summed E-state index contributed by atoms with van der Waals surface area (Å²) in [7, 11) is 0. The van der Waals surface area contributed by atoms with Crippen molar-refractivity contribution in [1.29, 1.82) is 0 Å². The van der Waals surface area contributed by atoms with Crippen LogP contribution in [-0.2, 0) is 6.54 Å². The van der Waals surface area contributed by atoms with Crippen LogP contribution in [0.15, 0.2) is 41.3 Å². The number of carbonyl (C=O) groups excluding carboxylic acids is 1. The molecule has 0 aliphatic heterocycles. The van der Waals surface area contributed by atoms with Crippen LogP contribution in [0.5, 0.6) is 0 Å². The van der Waals surface area contributed by atoms with Gasteiger partial charge in [0.05, 0.1) is 16.6 Å². The van der Waals surface area contributed by atoms with Gasteiger partial charge in [0.25, 0.3) is 5.56 Å². The molecule has 3 nitrogen and oxygen atoms in total. The quantitative estimate of drug-likeness (QED) is 0.812. The largest absolute Gasteiger partial charge is 0.310 e. The van der Waals surface area contributed by atoms with Gasteiger partial charge < -0.3 is 4.57 Å². The van der Waals surface area contributed by atoms with E-state index in [4.69, 9.17) is 23.2 Å². The van der Waals surface area contributed by atoms with Gasteiger partial charge in [0, 0.05) is 17.8 Å². The normalized spacial score (nSPS) is 10.3. The number of pyridine rings is 1. The second kappa shape index (κ2) is 5.38. The molecule has 0 saturated carbocycles. The molecule has 1 aromatic carbocycles. The minimum Gasteiger partial charge on any atom is -0.310 e. The Labute approximate surface area is 114 Å². The van der Waals surface area contributed by atoms with Gasteiger partial charge in [-0.3, -0.25) is 9.59 Å². The summed E-state index contributed by atoms with van der Waals surface area (Å²) < 4.78 is 1.45. The fourth-order valence-corrected chi connectivity index (χ4v) is 1.90. The van der Waals surface area contributed by atoms with Gasteiger partial charge in [-0.1, -0.05) is 29.3 Å². The Bertz CT molecular complexity index is 650. The van der Waals surface area contributed by atoms with Crippen molar-refractivity contribution in [3.63, 3.8) is 0 Å². The molecule has 0 saturated heterocycles. The van der Waals surface area contributed by atoms with E-state index in [-0.39, 0.29) is 5.56 Å². The second-order valence-corrected chi connectivity index (χ2v) is 4.61. The maximum atomic E-state index is 11.6. The Balaban J connectivity index is 2.36. The van der Waals surface area contributed by atoms with E-state index in [0.717, 1.165) is 5.56 Å². The average molecular weight is 282 g/mol. The molecule has 0 radical (unpaired) electrons. The molecule has 92 valence electrons. The van der Waals surface area contributed by atoms with E-state index in [1.165, 1.54) is 22.9 Å². The molecule has 2 aromatic rings. The van der Waals surface area contributed by atoms with Crippen LogP contribution in [0.4, 0.5) is 0 Å². The van der Waals surface area contributed by atoms with Crippen molar-refractivity contribution in [2.75, 3.05) is 0 Å². The molecule has 2 rings (SSSR count). The highest BCUT2D eigenvalue weighted by atomic mass is 35.5. The summed E-state index contributed by atoms with van der Waals surface area (Å²) in [5.41, 5.74) is 1.12. The SMILES string of the molecule is O=Cc1ccc(=O)n(Cc2ccc(Cl)c(Cl)c2)c1. The van der Waals surface area contributed by atoms with Crippen LogP contribution in [0.1, 0.15) is 15.9 Å². The van der Waals surface area contributed by atoms with Crippen LogP contribution in [0.3, 0.4) is 0 Å². The lowest BCUT2D eigenvalue weighted by Gasteiger charge is -2.07. The van der Waals surface area contributed by atoms with E-state index in [9.17, 15) is 9.59 Å². The Kier molecular flexibility index (Phi) is 3.84. The molecule has 0 fully saturated rings. The smallest absolute Gasteiger partial charge is 0.250 e. The Hall–Kier alpha value is -1.58. The summed E-state index contributed by atoms with van der Waals surface area (Å²) in [6, 6.07) is 8.01. The maximum Gasteiger partial charge on any atom is 0.250 e. The summed E-state index contributed by atoms with van der Waals surface area (Å²) in [4.78, 5) is 22.3. The number of hydrogen-bond donors (Lipinski definition) is 0. The number of carbonyl (C=O) groups is 1. The van der Waals surface area contributed by atoms with Crippen molar-refractivity contribution in [3.8, 4) is 0 Å². The molecule has 0 N–H and O–H groups in total. The van der Waals surface area contributed by atoms with Crippen LogP contribution in [-0.4, -0.2) is 10.9 Å². The van der Waals surface area contributed by atoms with Gasteiger partial charge in [0.1, 0.15) is 0 Å². The van der Waals surface area contributed by atoms with E-state index < -0.39 is 0 Å². The van der Waals surface area contributed by atoms with E-state index >= 15 is 0 Å². The van der Waals surface area contributed by atoms with Crippen molar-refractivity contribution in [1.82, 2.24) is 4.57 Å². The van der Waals surface area contributed by atoms with Crippen LogP contribution in [0.25, 0.3) is 0 Å². The lowest BCUT2D eigenvalue weighted by Crippen LogP contribution is -2.19. The Morgan fingerprint density at radius 1 is 1.11 bits per heavy atom. The fraction of sp³-hybridized carbons (Fsp3) is 0.0769. The maximum absolute atomic E-state index is 11.6. The number of hydrogen-bond acceptors (Lipinski definition) is 2. The van der Waals surface area contributed by atoms with E-state index in [0.29, 0.717) is 28.4 Å². The lowest BCUT2D eigenvalue weighted by atomic mass is 10.2. The predicted octanol–water partition coefficient (Wildman–Crippen LogP) is 3.02. The Morgan fingerprint density at radius 3 is 2.56 bits per heavy atom. The number of nitrogens with zero attached hydrogens (tertiary/aromatic N) is 1. The zero-order chi connectivity index (χ0) is 13.1. The summed E-state index contributed by atoms with van der Waals surface area (Å²) >= 11 is 11.7. The number of halogens is 2. The molecule has 1 heterocycles. The van der Waals surface area contributed by atoms with Gasteiger partial charge >= 0.3 is 0 Å². The van der Waals surface area contributed by atoms with Crippen molar-refractivity contribution >= 4 is 29.5 Å². The van der Waals surface area contributed by atoms with Crippen LogP contribution < -0.4 is 5.56 Å². The molecule has 1 aromatic heterocycles. The first-order chi connectivity index (χ1) is 8.60. The highest BCUT2D eigenvalue weighted by Gasteiger charge is 2.02. The minimum absolute atomic E-state index is 0.174. The lowest BCUT2D eigenvalue weighted by molar-refractivity contribution is 0.112. The summed E-state index contributed by atoms with van der Waals surface area (Å²) in [5, 5.41) is 0.906. The molecule has 18 heavy (non-hydrogen) atoms. The van der Waals surface area contributed by atoms with Crippen LogP contribution in [0, 0.1) is 0 Å². The highest BCUT2D eigenvalue weighted by molar-refractivity contribution is 6.42. The van der Waals surface area contributed by atoms with Gasteiger partial charge in [0.15, 0.2) is 6.29 Å². The topological polar surface area (TPSA) is 39.1 Å². The van der Waals surface area contributed by atoms with Gasteiger partial charge in [-0.15, -0.1) is 0 Å². The van der Waals surface area contributed by atoms with Crippen LogP contribution in [0.2, 0.25) is 10.0 Å². The van der Waals surface area contributed by atoms with E-state index in [1.807, 2.05) is 0 Å². The third-order valence-electron chi connectivity index (χ3n) is 2.48. The molecule has 5 heteroatoms. The fourth-order valence-electron chi connectivity index (χ4n) is 1.58. The average Bonchev–Trinajstić information content (AvgIpc) is 2.36. The zero-order valence-corrected chi connectivity index (χ0v) is 10.8. The molecule has 0 spiro atoms. The minimum atomic E-state index is -0.174. The monoisotopic (exact) mass is 281 g/mol. The predicted molar refractivity (Wildman–Crippen MR) is 71.7 cm³/mol. The molecule has 0 bridgehead atoms. The first kappa shape index (κ1) is 12.9. The zero-order valence-electron chi connectivity index (χ0n) is 9.27. The number of aldehydes is 1. The summed E-state index contributed by atoms with van der Waals surface area (Å²) in [6.45, 7) is 0.345. The Morgan fingerprint density at radius 2 is 1.89 bits per heavy atom. The number of aromatic nitrogens is 1. The van der Waals surface area contributed by atoms with Crippen molar-refractivity contribution in [2.24, 2.45) is 0 Å². The van der Waals surface area contributed by atoms with E-state index in [1.54, 1.807) is 18.2 Å². The van der Waals surface area contributed by atoms with Crippen molar-refractivity contribution < 1.29 is 4.79 Å². The first-order valence-corrected chi connectivity index (χ1v) is 5.95. The van der Waals surface area contributed by atoms with Crippen LogP contribution >= 0.6 is 23.2 Å². The summed E-state index contributed by atoms with van der Waals surface area (Å²) in [5.74, 6) is 0. The van der Waals surface area contributed by atoms with E-state index in [2.05, 4.69) is 0 Å². The van der Waals surface area contributed by atoms with Crippen molar-refractivity contribution in [3.05, 3.63) is 68.1 Å². The molecule has 0 amide bonds. The summed E-state index contributed by atoms with van der Waals surface area (Å²) in [6.07, 6.45) is 2.21. The highest BCUT2D eigenvalue weighted by Crippen LogP contribution is 2.22. The molecule has 0 aliphatic rings. The third-order valence-corrected chi connectivity index (χ3v) is 3.22. The first-order valence-electron chi connectivity index (χ1n) is 5.20. The standard InChI is InChI=1S/C13H9Cl2NO2/c14-11-3-1-9(5-12(11)15)6-16-7-10(8-17)2-4-13(16)18/h1-5,7-8H,6H2. The third kappa shape index (κ3) is 2.81. The molecule has 0 aliphatic carbocycles. The van der Waals surface area contributed by atoms with Gasteiger partial charge in [-0.2, -0.15) is 0 Å².